The molecule has 0 saturated carbocycles. The van der Waals surface area contributed by atoms with E-state index in [2.05, 4.69) is 27.8 Å². The molecule has 0 rings (SSSR count). The largest absolute Gasteiger partial charge is 0.342 e. The lowest BCUT2D eigenvalue weighted by atomic mass is 10.6. The van der Waals surface area contributed by atoms with Gasteiger partial charge in [-0.15, -0.1) is 0 Å². The third kappa shape index (κ3) is 3.90. The van der Waals surface area contributed by atoms with Gasteiger partial charge in [0.15, 0.2) is 0 Å². The van der Waals surface area contributed by atoms with Crippen LogP contribution in [0, 0.1) is 0 Å². The molecule has 5 heteroatoms. The summed E-state index contributed by atoms with van der Waals surface area (Å²) in [7, 11) is 5.54. The molecule has 0 bridgehead atoms. The van der Waals surface area contributed by atoms with Crippen LogP contribution in [0.5, 0.6) is 0 Å². The summed E-state index contributed by atoms with van der Waals surface area (Å²) in [6, 6.07) is 0. The molecule has 0 aromatic heterocycles. The molecule has 0 aromatic rings. The van der Waals surface area contributed by atoms with E-state index < -0.39 is 0 Å². The van der Waals surface area contributed by atoms with Crippen molar-refractivity contribution in [1.29, 1.82) is 0 Å². The van der Waals surface area contributed by atoms with Crippen LogP contribution in [0.4, 0.5) is 0 Å². The van der Waals surface area contributed by atoms with Gasteiger partial charge in [0.1, 0.15) is 0 Å². The van der Waals surface area contributed by atoms with Gasteiger partial charge in [-0.2, -0.15) is 0 Å². The second kappa shape index (κ2) is 4.90. The first-order valence-corrected chi connectivity index (χ1v) is 1.14. The molecule has 6 heavy (non-hydrogen) atoms. The van der Waals surface area contributed by atoms with Gasteiger partial charge in [-0.05, 0) is 5.04 Å². The van der Waals surface area contributed by atoms with Crippen molar-refractivity contribution in [2.24, 2.45) is 0 Å². The molecule has 0 unspecified atom stereocenters. The first-order chi connectivity index (χ1) is 2.91. The van der Waals surface area contributed by atoms with Crippen molar-refractivity contribution in [3.8, 4) is 0 Å². The summed E-state index contributed by atoms with van der Waals surface area (Å²) in [5.41, 5.74) is 0. The summed E-state index contributed by atoms with van der Waals surface area (Å²) in [5.74, 6) is 0. The second-order valence-electron chi connectivity index (χ2n) is 0.399. The van der Waals surface area contributed by atoms with Gasteiger partial charge in [0, 0.05) is 0 Å². The first kappa shape index (κ1) is 5.90. The van der Waals surface area contributed by atoms with Crippen molar-refractivity contribution in [1.82, 2.24) is 0 Å². The highest BCUT2D eigenvalue weighted by Crippen LogP contribution is 1.72. The molecule has 4 nitrogen and oxygen atoms in total. The van der Waals surface area contributed by atoms with Crippen molar-refractivity contribution in [2.45, 2.75) is 0 Å². The Bertz CT molecular complexity index is 19.5. The molecular weight excluding hydrogens is 86.8 g/mol. The normalized spacial score (nSPS) is 8.83. The topological polar surface area (TPSA) is 36.9 Å². The SMILES string of the molecule is [B]OOOOC. The first-order valence-electron chi connectivity index (χ1n) is 1.14. The number of hydrogen-bond donors (Lipinski definition) is 0. The van der Waals surface area contributed by atoms with Crippen molar-refractivity contribution >= 4 is 8.05 Å². The Labute approximate surface area is 36.2 Å². The van der Waals surface area contributed by atoms with Crippen LogP contribution >= 0.6 is 0 Å². The van der Waals surface area contributed by atoms with Crippen LogP contribution in [0.15, 0.2) is 0 Å². The molecular formula is CH3BO4. The van der Waals surface area contributed by atoms with E-state index in [1.165, 1.54) is 7.11 Å². The summed E-state index contributed by atoms with van der Waals surface area (Å²) in [4.78, 5) is 7.29. The minimum atomic E-state index is 1.25. The molecule has 0 aliphatic carbocycles. The Hall–Kier alpha value is -0.0951. The van der Waals surface area contributed by atoms with Gasteiger partial charge in [0.05, 0.1) is 7.11 Å². The minimum absolute atomic E-state index is 1.25. The van der Waals surface area contributed by atoms with E-state index in [0.717, 1.165) is 0 Å². The van der Waals surface area contributed by atoms with E-state index in [1.807, 2.05) is 0 Å². The Morgan fingerprint density at radius 2 is 2.00 bits per heavy atom. The average molecular weight is 89.8 g/mol. The van der Waals surface area contributed by atoms with Gasteiger partial charge in [-0.1, -0.05) is 5.04 Å². The molecule has 0 aliphatic rings. The lowest BCUT2D eigenvalue weighted by Gasteiger charge is -1.90. The van der Waals surface area contributed by atoms with E-state index >= 15 is 0 Å². The second-order valence-corrected chi connectivity index (χ2v) is 0.399. The number of hydrogen-bond acceptors (Lipinski definition) is 4. The summed E-state index contributed by atoms with van der Waals surface area (Å²) in [5, 5.41) is 7.17. The highest BCUT2D eigenvalue weighted by molar-refractivity contribution is 5.97. The molecule has 0 amide bonds. The fourth-order valence-corrected chi connectivity index (χ4v) is 0.0438. The predicted molar refractivity (Wildman–Crippen MR) is 16.0 cm³/mol. The highest BCUT2D eigenvalue weighted by atomic mass is 17.7. The molecule has 0 saturated heterocycles. The van der Waals surface area contributed by atoms with E-state index in [0.29, 0.717) is 0 Å². The lowest BCUT2D eigenvalue weighted by molar-refractivity contribution is -0.602. The third-order valence-corrected chi connectivity index (χ3v) is 0.135. The van der Waals surface area contributed by atoms with E-state index in [1.54, 1.807) is 0 Å². The van der Waals surface area contributed by atoms with Crippen molar-refractivity contribution in [3.63, 3.8) is 0 Å². The maximum Gasteiger partial charge on any atom is 0.342 e. The van der Waals surface area contributed by atoms with Crippen LogP contribution in [0.1, 0.15) is 0 Å². The molecule has 0 spiro atoms. The zero-order valence-electron chi connectivity index (χ0n) is 3.21. The summed E-state index contributed by atoms with van der Waals surface area (Å²) in [6.45, 7) is 0. The zero-order chi connectivity index (χ0) is 4.83. The molecule has 2 radical (unpaired) electrons. The van der Waals surface area contributed by atoms with E-state index in [-0.39, 0.29) is 0 Å². The Morgan fingerprint density at radius 3 is 2.17 bits per heavy atom. The molecule has 0 fully saturated rings. The van der Waals surface area contributed by atoms with Gasteiger partial charge in [-0.3, -0.25) is 4.81 Å². The van der Waals surface area contributed by atoms with E-state index in [9.17, 15) is 0 Å². The average Bonchev–Trinajstić information content (AvgIpc) is 1.61. The number of rotatable bonds is 3. The van der Waals surface area contributed by atoms with Crippen molar-refractivity contribution in [3.05, 3.63) is 0 Å². The predicted octanol–water partition coefficient (Wildman–Crippen LogP) is -0.489. The maximum atomic E-state index is 4.29. The van der Waals surface area contributed by atoms with Crippen LogP contribution in [0.25, 0.3) is 0 Å². The van der Waals surface area contributed by atoms with Crippen molar-refractivity contribution < 1.29 is 19.8 Å². The Balaban J connectivity index is 2.34. The van der Waals surface area contributed by atoms with Gasteiger partial charge in [0.25, 0.3) is 0 Å². The zero-order valence-corrected chi connectivity index (χ0v) is 3.21. The van der Waals surface area contributed by atoms with Crippen LogP contribution in [0.3, 0.4) is 0 Å². The Kier molecular flexibility index (Phi) is 4.83. The standard InChI is InChI=1S/CH3BO4/c1-3-5-6-4-2/h1H3. The van der Waals surface area contributed by atoms with Gasteiger partial charge >= 0.3 is 8.05 Å². The molecule has 0 N–H and O–H groups in total. The molecule has 0 aromatic carbocycles. The van der Waals surface area contributed by atoms with Crippen LogP contribution in [0.2, 0.25) is 0 Å². The summed E-state index contributed by atoms with van der Waals surface area (Å²) < 4.78 is 0. The molecule has 0 heterocycles. The van der Waals surface area contributed by atoms with Crippen molar-refractivity contribution in [2.75, 3.05) is 7.11 Å². The van der Waals surface area contributed by atoms with Gasteiger partial charge in [-0.25, -0.2) is 4.89 Å². The Morgan fingerprint density at radius 1 is 1.33 bits per heavy atom. The molecule has 0 aliphatic heterocycles. The monoisotopic (exact) mass is 90.0 g/mol. The minimum Gasteiger partial charge on any atom is -0.286 e. The molecule has 34 valence electrons. The van der Waals surface area contributed by atoms with Crippen LogP contribution in [-0.2, 0) is 19.8 Å². The lowest BCUT2D eigenvalue weighted by Crippen LogP contribution is -1.90. The van der Waals surface area contributed by atoms with Crippen LogP contribution in [-0.4, -0.2) is 15.2 Å². The van der Waals surface area contributed by atoms with Gasteiger partial charge < -0.3 is 0 Å². The molecule has 0 atom stereocenters. The summed E-state index contributed by atoms with van der Waals surface area (Å²) in [6.07, 6.45) is 0. The third-order valence-electron chi connectivity index (χ3n) is 0.135. The quantitative estimate of drug-likeness (QED) is 0.203. The van der Waals surface area contributed by atoms with Crippen LogP contribution < -0.4 is 0 Å². The fourth-order valence-electron chi connectivity index (χ4n) is 0.0438. The smallest absolute Gasteiger partial charge is 0.286 e. The highest BCUT2D eigenvalue weighted by Gasteiger charge is 1.72. The fraction of sp³-hybridized carbons (Fsp3) is 1.00. The van der Waals surface area contributed by atoms with E-state index in [4.69, 9.17) is 0 Å². The van der Waals surface area contributed by atoms with Gasteiger partial charge in [0.2, 0.25) is 0 Å². The maximum absolute atomic E-state index is 4.29. The summed E-state index contributed by atoms with van der Waals surface area (Å²) >= 11 is 0.